The number of fused-ring (bicyclic) bond motifs is 2. The standard InChI is InChI=1S/C22H21F6N5O2/c23-21(24,25)11-9-14(31-16(10-11)33-8-7-29-13-3-1-2-4-15(13)33)12-5-6-30-19-17(12)18(22(26,27)28)35-20(34)32-19/h5-6,9-10,13,15,18,29H,1-4,7-8H2,(H,30,32,34)/t13-,15+,18+/m0/s1. The molecule has 2 aromatic heterocycles. The molecule has 13 heteroatoms. The number of anilines is 2. The van der Waals surface area contributed by atoms with Gasteiger partial charge in [-0.25, -0.2) is 14.8 Å². The van der Waals surface area contributed by atoms with E-state index < -0.39 is 41.5 Å². The number of rotatable bonds is 2. The van der Waals surface area contributed by atoms with E-state index in [1.165, 1.54) is 0 Å². The van der Waals surface area contributed by atoms with E-state index in [-0.39, 0.29) is 29.2 Å². The molecule has 5 rings (SSSR count). The van der Waals surface area contributed by atoms with Gasteiger partial charge in [0.15, 0.2) is 0 Å². The number of hydrogen-bond donors (Lipinski definition) is 2. The Kier molecular flexibility index (Phi) is 5.77. The molecule has 2 aromatic rings. The van der Waals surface area contributed by atoms with Crippen LogP contribution in [0.25, 0.3) is 11.3 Å². The molecule has 0 aromatic carbocycles. The highest BCUT2D eigenvalue weighted by Gasteiger charge is 2.49. The summed E-state index contributed by atoms with van der Waals surface area (Å²) in [5, 5.41) is 5.49. The van der Waals surface area contributed by atoms with Gasteiger partial charge >= 0.3 is 18.4 Å². The van der Waals surface area contributed by atoms with Crippen molar-refractivity contribution in [1.29, 1.82) is 0 Å². The van der Waals surface area contributed by atoms with Gasteiger partial charge < -0.3 is 15.0 Å². The van der Waals surface area contributed by atoms with Crippen molar-refractivity contribution in [3.8, 4) is 11.3 Å². The first kappa shape index (κ1) is 23.6. The Morgan fingerprint density at radius 1 is 1.09 bits per heavy atom. The topological polar surface area (TPSA) is 79.4 Å². The lowest BCUT2D eigenvalue weighted by Crippen LogP contribution is -2.59. The molecule has 0 bridgehead atoms. The Bertz CT molecular complexity index is 1140. The summed E-state index contributed by atoms with van der Waals surface area (Å²) in [6.45, 7) is 0.961. The SMILES string of the molecule is O=C1Nc2nccc(-c3cc(C(F)(F)F)cc(N4CCN[C@H]5CCCC[C@H]54)n3)c2[C@H](C(F)(F)F)O1. The highest BCUT2D eigenvalue weighted by molar-refractivity contribution is 5.89. The van der Waals surface area contributed by atoms with Gasteiger partial charge in [0, 0.05) is 36.9 Å². The molecule has 1 saturated carbocycles. The number of halogens is 6. The van der Waals surface area contributed by atoms with Gasteiger partial charge in [-0.2, -0.15) is 26.3 Å². The summed E-state index contributed by atoms with van der Waals surface area (Å²) in [5.41, 5.74) is -2.18. The first-order chi connectivity index (χ1) is 16.5. The fraction of sp³-hybridized carbons (Fsp3) is 0.500. The lowest BCUT2D eigenvalue weighted by molar-refractivity contribution is -0.206. The number of hydrogen-bond acceptors (Lipinski definition) is 6. The van der Waals surface area contributed by atoms with Crippen molar-refractivity contribution < 1.29 is 35.9 Å². The van der Waals surface area contributed by atoms with Crippen LogP contribution < -0.4 is 15.5 Å². The second-order valence-corrected chi connectivity index (χ2v) is 8.78. The zero-order valence-electron chi connectivity index (χ0n) is 18.2. The summed E-state index contributed by atoms with van der Waals surface area (Å²) < 4.78 is 87.4. The molecule has 3 aliphatic rings. The summed E-state index contributed by atoms with van der Waals surface area (Å²) in [6, 6.07) is 2.82. The fourth-order valence-corrected chi connectivity index (χ4v) is 5.09. The molecule has 7 nitrogen and oxygen atoms in total. The minimum atomic E-state index is -5.01. The average Bonchev–Trinajstić information content (AvgIpc) is 2.81. The van der Waals surface area contributed by atoms with Crippen LogP contribution in [0.1, 0.15) is 42.9 Å². The number of carbonyl (C=O) groups excluding carboxylic acids is 1. The van der Waals surface area contributed by atoms with Gasteiger partial charge in [-0.15, -0.1) is 0 Å². The monoisotopic (exact) mass is 501 g/mol. The van der Waals surface area contributed by atoms with Gasteiger partial charge in [0.2, 0.25) is 6.10 Å². The van der Waals surface area contributed by atoms with Crippen molar-refractivity contribution in [3.05, 3.63) is 35.5 Å². The maximum atomic E-state index is 13.9. The molecule has 1 saturated heterocycles. The number of nitrogens with one attached hydrogen (secondary N) is 2. The Hall–Kier alpha value is -3.09. The average molecular weight is 501 g/mol. The predicted molar refractivity (Wildman–Crippen MR) is 113 cm³/mol. The summed E-state index contributed by atoms with van der Waals surface area (Å²) in [7, 11) is 0. The molecule has 3 atom stereocenters. The van der Waals surface area contributed by atoms with Gasteiger partial charge in [0.25, 0.3) is 0 Å². The van der Waals surface area contributed by atoms with E-state index in [0.717, 1.165) is 44.0 Å². The van der Waals surface area contributed by atoms with Crippen LogP contribution in [0, 0.1) is 0 Å². The second kappa shape index (κ2) is 8.54. The van der Waals surface area contributed by atoms with E-state index in [9.17, 15) is 31.1 Å². The van der Waals surface area contributed by atoms with Crippen molar-refractivity contribution in [1.82, 2.24) is 15.3 Å². The van der Waals surface area contributed by atoms with Crippen LogP contribution in [0.2, 0.25) is 0 Å². The minimum Gasteiger partial charge on any atom is -0.431 e. The smallest absolute Gasteiger partial charge is 0.430 e. The van der Waals surface area contributed by atoms with Gasteiger partial charge in [0.1, 0.15) is 11.6 Å². The zero-order valence-corrected chi connectivity index (χ0v) is 18.2. The number of cyclic esters (lactones) is 1. The molecular formula is C22H21F6N5O2. The molecule has 188 valence electrons. The third-order valence-electron chi connectivity index (χ3n) is 6.59. The Morgan fingerprint density at radius 3 is 2.60 bits per heavy atom. The maximum absolute atomic E-state index is 13.9. The van der Waals surface area contributed by atoms with Gasteiger partial charge in [-0.3, -0.25) is 5.32 Å². The summed E-state index contributed by atoms with van der Waals surface area (Å²) in [4.78, 5) is 21.7. The lowest BCUT2D eigenvalue weighted by atomic mass is 9.87. The molecule has 0 radical (unpaired) electrons. The molecule has 0 unspecified atom stereocenters. The lowest BCUT2D eigenvalue weighted by Gasteiger charge is -2.45. The van der Waals surface area contributed by atoms with Crippen LogP contribution in [-0.4, -0.2) is 47.4 Å². The summed E-state index contributed by atoms with van der Waals surface area (Å²) >= 11 is 0. The van der Waals surface area contributed by atoms with Gasteiger partial charge in [0.05, 0.1) is 16.8 Å². The number of nitrogens with zero attached hydrogens (tertiary/aromatic N) is 3. The number of piperazine rings is 1. The zero-order chi connectivity index (χ0) is 25.0. The normalized spacial score (nSPS) is 24.8. The number of alkyl halides is 6. The number of ether oxygens (including phenoxy) is 1. The second-order valence-electron chi connectivity index (χ2n) is 8.78. The van der Waals surface area contributed by atoms with Gasteiger partial charge in [-0.05, 0) is 31.0 Å². The van der Waals surface area contributed by atoms with E-state index in [2.05, 4.69) is 25.3 Å². The Balaban J connectivity index is 1.66. The third-order valence-corrected chi connectivity index (χ3v) is 6.59. The summed E-state index contributed by atoms with van der Waals surface area (Å²) in [6.07, 6.45) is -9.12. The largest absolute Gasteiger partial charge is 0.431 e. The van der Waals surface area contributed by atoms with Crippen LogP contribution in [0.15, 0.2) is 24.4 Å². The minimum absolute atomic E-state index is 0.0445. The van der Waals surface area contributed by atoms with E-state index >= 15 is 0 Å². The van der Waals surface area contributed by atoms with Crippen LogP contribution in [0.3, 0.4) is 0 Å². The fourth-order valence-electron chi connectivity index (χ4n) is 5.09. The summed E-state index contributed by atoms with van der Waals surface area (Å²) in [5.74, 6) is -0.389. The maximum Gasteiger partial charge on any atom is 0.430 e. The molecule has 4 heterocycles. The van der Waals surface area contributed by atoms with Crippen molar-refractivity contribution in [2.75, 3.05) is 23.3 Å². The number of aromatic nitrogens is 2. The van der Waals surface area contributed by atoms with E-state index in [1.807, 2.05) is 4.90 Å². The van der Waals surface area contributed by atoms with Crippen LogP contribution in [0.5, 0.6) is 0 Å². The van der Waals surface area contributed by atoms with Crippen molar-refractivity contribution in [2.24, 2.45) is 0 Å². The third kappa shape index (κ3) is 4.48. The first-order valence-electron chi connectivity index (χ1n) is 11.2. The molecule has 2 N–H and O–H groups in total. The molecule has 2 aliphatic heterocycles. The van der Waals surface area contributed by atoms with Crippen molar-refractivity contribution in [2.45, 2.75) is 56.2 Å². The number of pyridine rings is 2. The molecule has 35 heavy (non-hydrogen) atoms. The first-order valence-corrected chi connectivity index (χ1v) is 11.2. The van der Waals surface area contributed by atoms with E-state index in [4.69, 9.17) is 0 Å². The number of carbonyl (C=O) groups is 1. The Labute approximate surface area is 195 Å². The molecule has 1 amide bonds. The van der Waals surface area contributed by atoms with Crippen LogP contribution in [0.4, 0.5) is 42.8 Å². The van der Waals surface area contributed by atoms with Crippen LogP contribution in [-0.2, 0) is 10.9 Å². The van der Waals surface area contributed by atoms with Crippen LogP contribution >= 0.6 is 0 Å². The Morgan fingerprint density at radius 2 is 1.86 bits per heavy atom. The van der Waals surface area contributed by atoms with E-state index in [0.29, 0.717) is 19.2 Å². The van der Waals surface area contributed by atoms with Gasteiger partial charge in [-0.1, -0.05) is 12.8 Å². The molecule has 1 aliphatic carbocycles. The number of amides is 1. The predicted octanol–water partition coefficient (Wildman–Crippen LogP) is 5.05. The molecule has 2 fully saturated rings. The highest BCUT2D eigenvalue weighted by Crippen LogP contribution is 2.46. The molecule has 0 spiro atoms. The van der Waals surface area contributed by atoms with Crippen molar-refractivity contribution >= 4 is 17.7 Å². The highest BCUT2D eigenvalue weighted by atomic mass is 19.4. The van der Waals surface area contributed by atoms with Crippen molar-refractivity contribution in [3.63, 3.8) is 0 Å². The van der Waals surface area contributed by atoms with E-state index in [1.54, 1.807) is 0 Å². The molecular weight excluding hydrogens is 480 g/mol. The quantitative estimate of drug-likeness (QED) is 0.561.